The molecule has 1 aromatic rings. The number of hydrogen-bond donors (Lipinski definition) is 1. The van der Waals surface area contributed by atoms with Crippen molar-refractivity contribution in [1.29, 1.82) is 0 Å². The van der Waals surface area contributed by atoms with Gasteiger partial charge in [-0.25, -0.2) is 9.78 Å². The number of ether oxygens (including phenoxy) is 1. The summed E-state index contributed by atoms with van der Waals surface area (Å²) in [5.41, 5.74) is 0.427. The van der Waals surface area contributed by atoms with Crippen molar-refractivity contribution in [2.24, 2.45) is 0 Å². The van der Waals surface area contributed by atoms with E-state index in [1.54, 1.807) is 18.6 Å². The van der Waals surface area contributed by atoms with Crippen LogP contribution in [0.5, 0.6) is 0 Å². The fraction of sp³-hybridized carbons (Fsp3) is 0.444. The van der Waals surface area contributed by atoms with Gasteiger partial charge in [0.2, 0.25) is 0 Å². The molecular weight excluding hydrogens is 304 g/mol. The zero-order chi connectivity index (χ0) is 17.7. The van der Waals surface area contributed by atoms with Crippen molar-refractivity contribution in [3.63, 3.8) is 0 Å². The van der Waals surface area contributed by atoms with Crippen LogP contribution in [-0.2, 0) is 4.74 Å². The van der Waals surface area contributed by atoms with Crippen molar-refractivity contribution in [3.8, 4) is 0 Å². The second kappa shape index (κ2) is 7.38. The highest BCUT2D eigenvalue weighted by Crippen LogP contribution is 2.25. The minimum atomic E-state index is -0.528. The van der Waals surface area contributed by atoms with Crippen LogP contribution < -0.4 is 10.2 Å². The van der Waals surface area contributed by atoms with Crippen LogP contribution in [-0.4, -0.2) is 34.2 Å². The van der Waals surface area contributed by atoms with Crippen LogP contribution >= 0.6 is 0 Å². The molecule has 0 aliphatic carbocycles. The minimum Gasteiger partial charge on any atom is -0.443 e. The highest BCUT2D eigenvalue weighted by atomic mass is 16.6. The van der Waals surface area contributed by atoms with Crippen molar-refractivity contribution in [2.75, 3.05) is 16.8 Å². The number of rotatable bonds is 3. The average Bonchev–Trinajstić information content (AvgIpc) is 2.71. The molecule has 1 aliphatic rings. The van der Waals surface area contributed by atoms with Gasteiger partial charge in [0.05, 0.1) is 5.69 Å². The molecule has 6 heteroatoms. The predicted octanol–water partition coefficient (Wildman–Crippen LogP) is 3.94. The summed E-state index contributed by atoms with van der Waals surface area (Å²) < 4.78 is 5.39. The van der Waals surface area contributed by atoms with E-state index in [-0.39, 0.29) is 0 Å². The zero-order valence-corrected chi connectivity index (χ0v) is 15.0. The summed E-state index contributed by atoms with van der Waals surface area (Å²) in [5, 5.41) is 3.39. The molecule has 1 amide bonds. The van der Waals surface area contributed by atoms with Crippen LogP contribution in [0.1, 0.15) is 34.6 Å². The van der Waals surface area contributed by atoms with Gasteiger partial charge in [-0.05, 0) is 52.8 Å². The van der Waals surface area contributed by atoms with Gasteiger partial charge in [-0.1, -0.05) is 0 Å². The smallest absolute Gasteiger partial charge is 0.418 e. The summed E-state index contributed by atoms with van der Waals surface area (Å²) in [6.07, 6.45) is 8.48. The summed E-state index contributed by atoms with van der Waals surface area (Å²) >= 11 is 0. The summed E-state index contributed by atoms with van der Waals surface area (Å²) in [6, 6.07) is 4.20. The molecule has 0 spiro atoms. The Morgan fingerprint density at radius 2 is 2.04 bits per heavy atom. The molecular formula is C18H26N4O2. The average molecular weight is 330 g/mol. The summed E-state index contributed by atoms with van der Waals surface area (Å²) in [6.45, 7) is 10.3. The number of hydrogen-bond acceptors (Lipinski definition) is 5. The van der Waals surface area contributed by atoms with Crippen molar-refractivity contribution >= 4 is 17.6 Å². The monoisotopic (exact) mass is 330 g/mol. The molecule has 130 valence electrons. The molecule has 1 aliphatic heterocycles. The van der Waals surface area contributed by atoms with E-state index in [0.717, 1.165) is 11.5 Å². The van der Waals surface area contributed by atoms with E-state index in [1.807, 2.05) is 50.1 Å². The highest BCUT2D eigenvalue weighted by Gasteiger charge is 2.21. The SMILES string of the molecule is CC(C)Nc1cccnc1N1C=CN(C(=O)OC(C)(C)C)C=CC1. The van der Waals surface area contributed by atoms with Crippen LogP contribution in [0.25, 0.3) is 0 Å². The van der Waals surface area contributed by atoms with E-state index in [0.29, 0.717) is 12.6 Å². The van der Waals surface area contributed by atoms with E-state index in [1.165, 1.54) is 4.90 Å². The van der Waals surface area contributed by atoms with Gasteiger partial charge < -0.3 is 15.0 Å². The maximum absolute atomic E-state index is 12.2. The highest BCUT2D eigenvalue weighted by molar-refractivity contribution is 5.72. The van der Waals surface area contributed by atoms with Gasteiger partial charge in [-0.3, -0.25) is 4.90 Å². The lowest BCUT2D eigenvalue weighted by atomic mass is 10.2. The van der Waals surface area contributed by atoms with Crippen LogP contribution in [0.4, 0.5) is 16.3 Å². The van der Waals surface area contributed by atoms with Gasteiger partial charge >= 0.3 is 6.09 Å². The second-order valence-corrected chi connectivity index (χ2v) is 6.90. The molecule has 0 aromatic carbocycles. The number of anilines is 2. The topological polar surface area (TPSA) is 57.7 Å². The molecule has 0 fully saturated rings. The lowest BCUT2D eigenvalue weighted by molar-refractivity contribution is 0.0400. The van der Waals surface area contributed by atoms with E-state index in [2.05, 4.69) is 24.1 Å². The van der Waals surface area contributed by atoms with Crippen LogP contribution in [0.3, 0.4) is 0 Å². The molecule has 2 heterocycles. The van der Waals surface area contributed by atoms with E-state index in [9.17, 15) is 4.79 Å². The first-order chi connectivity index (χ1) is 11.3. The van der Waals surface area contributed by atoms with Crippen molar-refractivity contribution in [2.45, 2.75) is 46.3 Å². The Kier molecular flexibility index (Phi) is 5.49. The first-order valence-electron chi connectivity index (χ1n) is 8.11. The fourth-order valence-electron chi connectivity index (χ4n) is 2.18. The Morgan fingerprint density at radius 3 is 2.71 bits per heavy atom. The molecule has 0 unspecified atom stereocenters. The lowest BCUT2D eigenvalue weighted by Crippen LogP contribution is -2.30. The maximum Gasteiger partial charge on any atom is 0.418 e. The van der Waals surface area contributed by atoms with Crippen molar-refractivity contribution < 1.29 is 9.53 Å². The molecule has 24 heavy (non-hydrogen) atoms. The van der Waals surface area contributed by atoms with Gasteiger partial charge in [-0.15, -0.1) is 0 Å². The van der Waals surface area contributed by atoms with Crippen LogP contribution in [0.2, 0.25) is 0 Å². The zero-order valence-electron chi connectivity index (χ0n) is 15.0. The summed E-state index contributed by atoms with van der Waals surface area (Å²) in [4.78, 5) is 20.1. The van der Waals surface area contributed by atoms with Gasteiger partial charge in [0.15, 0.2) is 5.82 Å². The normalized spacial score (nSPS) is 14.8. The Balaban J connectivity index is 2.17. The van der Waals surface area contributed by atoms with E-state index in [4.69, 9.17) is 4.74 Å². The van der Waals surface area contributed by atoms with Gasteiger partial charge in [0.25, 0.3) is 0 Å². The molecule has 1 aromatic heterocycles. The molecule has 0 radical (unpaired) electrons. The molecule has 2 rings (SSSR count). The molecule has 1 N–H and O–H groups in total. The Morgan fingerprint density at radius 1 is 1.29 bits per heavy atom. The Hall–Kier alpha value is -2.50. The number of amides is 1. The largest absolute Gasteiger partial charge is 0.443 e. The minimum absolute atomic E-state index is 0.303. The number of pyridine rings is 1. The number of carbonyl (C=O) groups is 1. The lowest BCUT2D eigenvalue weighted by Gasteiger charge is -2.23. The standard InChI is InChI=1S/C18H26N4O2/c1-14(2)20-15-8-6-9-19-16(15)21-10-7-11-22(13-12-21)17(23)24-18(3,4)5/h6-9,11-14,20H,10H2,1-5H3. The third kappa shape index (κ3) is 5.01. The van der Waals surface area contributed by atoms with Crippen LogP contribution in [0, 0.1) is 0 Å². The van der Waals surface area contributed by atoms with Crippen molar-refractivity contribution in [1.82, 2.24) is 9.88 Å². The van der Waals surface area contributed by atoms with E-state index < -0.39 is 11.7 Å². The molecule has 0 atom stereocenters. The number of nitrogens with one attached hydrogen (secondary N) is 1. The molecule has 0 saturated heterocycles. The molecule has 0 bridgehead atoms. The quantitative estimate of drug-likeness (QED) is 0.909. The van der Waals surface area contributed by atoms with E-state index >= 15 is 0 Å². The fourth-order valence-corrected chi connectivity index (χ4v) is 2.18. The maximum atomic E-state index is 12.2. The predicted molar refractivity (Wildman–Crippen MR) is 96.7 cm³/mol. The van der Waals surface area contributed by atoms with Gasteiger partial charge in [0, 0.05) is 37.4 Å². The number of nitrogens with zero attached hydrogens (tertiary/aromatic N) is 3. The second-order valence-electron chi connectivity index (χ2n) is 6.90. The third-order valence-electron chi connectivity index (χ3n) is 3.08. The van der Waals surface area contributed by atoms with Crippen molar-refractivity contribution in [3.05, 3.63) is 43.0 Å². The first kappa shape index (κ1) is 17.8. The summed E-state index contributed by atoms with van der Waals surface area (Å²) in [5.74, 6) is 0.818. The van der Waals surface area contributed by atoms with Gasteiger partial charge in [0.1, 0.15) is 5.60 Å². The first-order valence-corrected chi connectivity index (χ1v) is 8.11. The Bertz CT molecular complexity index is 632. The molecule has 0 saturated carbocycles. The van der Waals surface area contributed by atoms with Crippen LogP contribution in [0.15, 0.2) is 43.0 Å². The third-order valence-corrected chi connectivity index (χ3v) is 3.08. The Labute approximate surface area is 143 Å². The summed E-state index contributed by atoms with van der Waals surface area (Å²) in [7, 11) is 0. The van der Waals surface area contributed by atoms with Gasteiger partial charge in [-0.2, -0.15) is 0 Å². The number of carbonyl (C=O) groups excluding carboxylic acids is 1. The number of aromatic nitrogens is 1. The molecule has 6 nitrogen and oxygen atoms in total.